The van der Waals surface area contributed by atoms with Crippen molar-refractivity contribution in [3.63, 3.8) is 0 Å². The lowest BCUT2D eigenvalue weighted by atomic mass is 10.0. The number of carbonyl (C=O) groups is 2. The fourth-order valence-electron chi connectivity index (χ4n) is 2.84. The molecule has 0 atom stereocenters. The zero-order chi connectivity index (χ0) is 16.9. The van der Waals surface area contributed by atoms with Gasteiger partial charge in [-0.25, -0.2) is 0 Å². The van der Waals surface area contributed by atoms with Gasteiger partial charge in [-0.1, -0.05) is 37.6 Å². The molecule has 0 unspecified atom stereocenters. The van der Waals surface area contributed by atoms with Gasteiger partial charge in [0.2, 0.25) is 0 Å². The maximum absolute atomic E-state index is 11.2. The van der Waals surface area contributed by atoms with Gasteiger partial charge in [0.1, 0.15) is 17.8 Å². The number of rotatable bonds is 6. The van der Waals surface area contributed by atoms with Crippen LogP contribution in [0.3, 0.4) is 0 Å². The number of furan rings is 1. The van der Waals surface area contributed by atoms with Gasteiger partial charge in [-0.3, -0.25) is 9.59 Å². The molecule has 0 amide bonds. The van der Waals surface area contributed by atoms with Crippen LogP contribution in [0.2, 0.25) is 0 Å². The molecule has 0 spiro atoms. The van der Waals surface area contributed by atoms with E-state index in [1.54, 1.807) is 6.08 Å². The van der Waals surface area contributed by atoms with Gasteiger partial charge < -0.3 is 4.42 Å². The van der Waals surface area contributed by atoms with Gasteiger partial charge in [0, 0.05) is 5.57 Å². The summed E-state index contributed by atoms with van der Waals surface area (Å²) in [4.78, 5) is 22.3. The zero-order valence-corrected chi connectivity index (χ0v) is 13.5. The predicted octanol–water partition coefficient (Wildman–Crippen LogP) is 4.80. The highest BCUT2D eigenvalue weighted by atomic mass is 16.3. The lowest BCUT2D eigenvalue weighted by Crippen LogP contribution is -1.83. The molecule has 0 saturated carbocycles. The Kier molecular flexibility index (Phi) is 4.71. The van der Waals surface area contributed by atoms with Gasteiger partial charge in [-0.05, 0) is 59.1 Å². The van der Waals surface area contributed by atoms with Crippen molar-refractivity contribution < 1.29 is 14.0 Å². The highest BCUT2D eigenvalue weighted by Crippen LogP contribution is 2.35. The molecule has 3 heteroatoms. The molecule has 3 nitrogen and oxygen atoms in total. The number of hydrogen-bond donors (Lipinski definition) is 0. The molecule has 0 aliphatic heterocycles. The normalized spacial score (nSPS) is 15.3. The highest BCUT2D eigenvalue weighted by Gasteiger charge is 2.17. The van der Waals surface area contributed by atoms with Crippen LogP contribution in [0.4, 0.5) is 0 Å². The van der Waals surface area contributed by atoms with Crippen LogP contribution in [-0.4, -0.2) is 12.6 Å². The first-order valence-corrected chi connectivity index (χ1v) is 7.99. The van der Waals surface area contributed by atoms with Crippen LogP contribution in [0.1, 0.15) is 42.4 Å². The van der Waals surface area contributed by atoms with Crippen LogP contribution in [0.5, 0.6) is 0 Å². The van der Waals surface area contributed by atoms with Gasteiger partial charge in [-0.15, -0.1) is 0 Å². The van der Waals surface area contributed by atoms with E-state index in [0.717, 1.165) is 47.7 Å². The largest absolute Gasteiger partial charge is 0.457 e. The average molecular weight is 318 g/mol. The van der Waals surface area contributed by atoms with Crippen molar-refractivity contribution >= 4 is 35.9 Å². The number of allylic oxidation sites excluding steroid dienone is 4. The van der Waals surface area contributed by atoms with Gasteiger partial charge in [-0.2, -0.15) is 0 Å². The van der Waals surface area contributed by atoms with Crippen molar-refractivity contribution in [1.29, 1.82) is 0 Å². The smallest absolute Gasteiger partial charge is 0.150 e. The molecule has 1 aliphatic rings. The molecule has 3 rings (SSSR count). The van der Waals surface area contributed by atoms with E-state index >= 15 is 0 Å². The summed E-state index contributed by atoms with van der Waals surface area (Å²) in [6.07, 6.45) is 8.94. The third-order valence-corrected chi connectivity index (χ3v) is 3.95. The van der Waals surface area contributed by atoms with Crippen LogP contribution >= 0.6 is 0 Å². The van der Waals surface area contributed by atoms with Crippen LogP contribution in [0, 0.1) is 0 Å². The Morgan fingerprint density at radius 1 is 1.04 bits per heavy atom. The Balaban J connectivity index is 1.92. The maximum Gasteiger partial charge on any atom is 0.150 e. The Bertz CT molecular complexity index is 863. The number of aldehydes is 2. The molecule has 0 N–H and O–H groups in total. The number of benzene rings is 1. The third-order valence-electron chi connectivity index (χ3n) is 3.95. The minimum absolute atomic E-state index is 0.656. The zero-order valence-electron chi connectivity index (χ0n) is 13.5. The minimum atomic E-state index is 0.656. The Hall–Kier alpha value is -2.94. The molecule has 0 fully saturated rings. The molecule has 0 saturated heterocycles. The van der Waals surface area contributed by atoms with E-state index in [0.29, 0.717) is 17.1 Å². The topological polar surface area (TPSA) is 47.3 Å². The summed E-state index contributed by atoms with van der Waals surface area (Å²) in [6.45, 7) is 2.03. The van der Waals surface area contributed by atoms with E-state index in [1.807, 2.05) is 55.5 Å². The lowest BCUT2D eigenvalue weighted by Gasteiger charge is -2.00. The predicted molar refractivity (Wildman–Crippen MR) is 96.0 cm³/mol. The van der Waals surface area contributed by atoms with E-state index in [2.05, 4.69) is 0 Å². The van der Waals surface area contributed by atoms with Crippen molar-refractivity contribution in [2.75, 3.05) is 0 Å². The number of fused-ring (bicyclic) bond motifs is 1. The molecule has 1 aliphatic carbocycles. The SMILES string of the molecule is CCC/C(C=O)=C\c1ccc(/C=C2\C=C(C=O)c3ccccc32)o1. The van der Waals surface area contributed by atoms with Crippen molar-refractivity contribution in [1.82, 2.24) is 0 Å². The summed E-state index contributed by atoms with van der Waals surface area (Å²) in [6, 6.07) is 11.5. The molecule has 2 aromatic rings. The molecule has 1 aromatic carbocycles. The van der Waals surface area contributed by atoms with Gasteiger partial charge in [0.05, 0.1) is 0 Å². The summed E-state index contributed by atoms with van der Waals surface area (Å²) >= 11 is 0. The first kappa shape index (κ1) is 15.9. The molecule has 1 aromatic heterocycles. The second-order valence-electron chi connectivity index (χ2n) is 5.69. The van der Waals surface area contributed by atoms with E-state index in [4.69, 9.17) is 4.42 Å². The molecule has 0 bridgehead atoms. The van der Waals surface area contributed by atoms with Crippen LogP contribution in [0.15, 0.2) is 52.5 Å². The fourth-order valence-corrected chi connectivity index (χ4v) is 2.84. The van der Waals surface area contributed by atoms with E-state index in [-0.39, 0.29) is 0 Å². The molecular formula is C21H18O3. The van der Waals surface area contributed by atoms with E-state index in [9.17, 15) is 9.59 Å². The van der Waals surface area contributed by atoms with Crippen molar-refractivity contribution in [2.45, 2.75) is 19.8 Å². The highest BCUT2D eigenvalue weighted by molar-refractivity contribution is 6.17. The monoisotopic (exact) mass is 318 g/mol. The fraction of sp³-hybridized carbons (Fsp3) is 0.143. The molecule has 1 heterocycles. The molecule has 0 radical (unpaired) electrons. The Morgan fingerprint density at radius 3 is 2.50 bits per heavy atom. The first-order chi connectivity index (χ1) is 11.7. The molecule has 120 valence electrons. The van der Waals surface area contributed by atoms with Crippen molar-refractivity contribution in [2.24, 2.45) is 0 Å². The number of carbonyl (C=O) groups excluding carboxylic acids is 2. The van der Waals surface area contributed by atoms with Crippen LogP contribution < -0.4 is 0 Å². The summed E-state index contributed by atoms with van der Waals surface area (Å²) < 4.78 is 5.78. The van der Waals surface area contributed by atoms with Crippen molar-refractivity contribution in [3.05, 3.63) is 70.7 Å². The second-order valence-corrected chi connectivity index (χ2v) is 5.69. The molecule has 24 heavy (non-hydrogen) atoms. The standard InChI is InChI=1S/C21H18O3/c1-2-5-15(13-22)10-18-8-9-19(24-18)12-16-11-17(14-23)21-7-4-3-6-20(16)21/h3-4,6-14H,2,5H2,1H3/b15-10+,16-12+. The summed E-state index contributed by atoms with van der Waals surface area (Å²) in [5.74, 6) is 1.35. The second kappa shape index (κ2) is 7.09. The summed E-state index contributed by atoms with van der Waals surface area (Å²) in [5.41, 5.74) is 4.31. The minimum Gasteiger partial charge on any atom is -0.457 e. The summed E-state index contributed by atoms with van der Waals surface area (Å²) in [7, 11) is 0. The quantitative estimate of drug-likeness (QED) is 0.568. The third kappa shape index (κ3) is 3.20. The number of hydrogen-bond acceptors (Lipinski definition) is 3. The van der Waals surface area contributed by atoms with Gasteiger partial charge >= 0.3 is 0 Å². The lowest BCUT2D eigenvalue weighted by molar-refractivity contribution is -0.105. The maximum atomic E-state index is 11.2. The average Bonchev–Trinajstić information content (AvgIpc) is 3.19. The first-order valence-electron chi connectivity index (χ1n) is 7.99. The molecular weight excluding hydrogens is 300 g/mol. The van der Waals surface area contributed by atoms with Crippen molar-refractivity contribution in [3.8, 4) is 0 Å². The Labute approximate surface area is 141 Å². The summed E-state index contributed by atoms with van der Waals surface area (Å²) in [5, 5.41) is 0. The van der Waals surface area contributed by atoms with E-state index < -0.39 is 0 Å². The van der Waals surface area contributed by atoms with Gasteiger partial charge in [0.25, 0.3) is 0 Å². The van der Waals surface area contributed by atoms with Crippen LogP contribution in [-0.2, 0) is 9.59 Å². The Morgan fingerprint density at radius 2 is 1.79 bits per heavy atom. The van der Waals surface area contributed by atoms with E-state index in [1.165, 1.54) is 0 Å². The van der Waals surface area contributed by atoms with Gasteiger partial charge in [0.15, 0.2) is 6.29 Å². The van der Waals surface area contributed by atoms with Crippen LogP contribution in [0.25, 0.3) is 23.3 Å².